The zero-order valence-electron chi connectivity index (χ0n) is 13.2. The van der Waals surface area contributed by atoms with E-state index in [0.29, 0.717) is 12.1 Å². The number of benzene rings is 1. The number of ether oxygens (including phenoxy) is 1. The highest BCUT2D eigenvalue weighted by molar-refractivity contribution is 5.71. The van der Waals surface area contributed by atoms with Gasteiger partial charge >= 0.3 is 0 Å². The molecule has 114 valence electrons. The number of rotatable bonds is 4. The molecule has 1 fully saturated rings. The fourth-order valence-electron chi connectivity index (χ4n) is 3.35. The molecule has 0 bridgehead atoms. The van der Waals surface area contributed by atoms with Gasteiger partial charge in [0.15, 0.2) is 0 Å². The highest BCUT2D eigenvalue weighted by Gasteiger charge is 2.21. The molecule has 0 N–H and O–H groups in total. The van der Waals surface area contributed by atoms with Crippen LogP contribution in [0.1, 0.15) is 44.6 Å². The van der Waals surface area contributed by atoms with E-state index in [4.69, 9.17) is 9.73 Å². The first-order valence-electron chi connectivity index (χ1n) is 8.24. The van der Waals surface area contributed by atoms with Crippen molar-refractivity contribution in [3.05, 3.63) is 23.8 Å². The van der Waals surface area contributed by atoms with Gasteiger partial charge in [-0.1, -0.05) is 6.07 Å². The van der Waals surface area contributed by atoms with Crippen molar-refractivity contribution in [1.29, 1.82) is 0 Å². The lowest BCUT2D eigenvalue weighted by molar-refractivity contribution is 0.106. The summed E-state index contributed by atoms with van der Waals surface area (Å²) in [4.78, 5) is 7.11. The topological polar surface area (TPSA) is 24.8 Å². The van der Waals surface area contributed by atoms with Crippen LogP contribution in [0.25, 0.3) is 0 Å². The summed E-state index contributed by atoms with van der Waals surface area (Å²) >= 11 is 0. The molecule has 0 aliphatic carbocycles. The van der Waals surface area contributed by atoms with E-state index in [9.17, 15) is 0 Å². The van der Waals surface area contributed by atoms with Crippen LogP contribution in [0, 0.1) is 0 Å². The van der Waals surface area contributed by atoms with Gasteiger partial charge in [0.2, 0.25) is 0 Å². The number of nitrogens with zero attached hydrogens (tertiary/aromatic N) is 2. The normalized spacial score (nSPS) is 25.5. The van der Waals surface area contributed by atoms with Gasteiger partial charge in [-0.3, -0.25) is 4.99 Å². The second-order valence-electron chi connectivity index (χ2n) is 6.30. The molecule has 1 aromatic carbocycles. The summed E-state index contributed by atoms with van der Waals surface area (Å²) in [6.45, 7) is 3.24. The van der Waals surface area contributed by atoms with Crippen molar-refractivity contribution in [2.24, 2.45) is 4.99 Å². The molecule has 1 aromatic rings. The molecule has 21 heavy (non-hydrogen) atoms. The summed E-state index contributed by atoms with van der Waals surface area (Å²) < 4.78 is 5.65. The SMILES string of the molecule is CC1CCc2c(N=CCCC3CCCO3)cccc2N1C. The van der Waals surface area contributed by atoms with Crippen molar-refractivity contribution in [1.82, 2.24) is 0 Å². The molecule has 3 heteroatoms. The number of hydrogen-bond donors (Lipinski definition) is 0. The number of aliphatic imine (C=N–C) groups is 1. The van der Waals surface area contributed by atoms with Gasteiger partial charge in [0.05, 0.1) is 11.8 Å². The molecule has 1 saturated heterocycles. The highest BCUT2D eigenvalue weighted by Crippen LogP contribution is 2.35. The Kier molecular flexibility index (Phi) is 4.59. The smallest absolute Gasteiger partial charge is 0.0678 e. The Hall–Kier alpha value is -1.35. The van der Waals surface area contributed by atoms with E-state index in [1.807, 2.05) is 0 Å². The highest BCUT2D eigenvalue weighted by atomic mass is 16.5. The maximum atomic E-state index is 5.65. The Balaban J connectivity index is 1.65. The van der Waals surface area contributed by atoms with Crippen molar-refractivity contribution >= 4 is 17.6 Å². The first-order chi connectivity index (χ1) is 10.3. The van der Waals surface area contributed by atoms with Crippen LogP contribution in [0.15, 0.2) is 23.2 Å². The van der Waals surface area contributed by atoms with Gasteiger partial charge in [0.25, 0.3) is 0 Å². The van der Waals surface area contributed by atoms with Crippen LogP contribution in [0.2, 0.25) is 0 Å². The van der Waals surface area contributed by atoms with Crippen LogP contribution in [-0.2, 0) is 11.2 Å². The zero-order chi connectivity index (χ0) is 14.7. The molecule has 2 atom stereocenters. The predicted molar refractivity (Wildman–Crippen MR) is 89.0 cm³/mol. The van der Waals surface area contributed by atoms with Crippen LogP contribution < -0.4 is 4.90 Å². The van der Waals surface area contributed by atoms with Crippen LogP contribution in [-0.4, -0.2) is 32.0 Å². The largest absolute Gasteiger partial charge is 0.378 e. The molecule has 2 aliphatic rings. The van der Waals surface area contributed by atoms with E-state index < -0.39 is 0 Å². The lowest BCUT2D eigenvalue weighted by Gasteiger charge is -2.34. The van der Waals surface area contributed by atoms with Crippen molar-refractivity contribution in [3.63, 3.8) is 0 Å². The van der Waals surface area contributed by atoms with Crippen molar-refractivity contribution in [2.75, 3.05) is 18.6 Å². The second-order valence-corrected chi connectivity index (χ2v) is 6.30. The average Bonchev–Trinajstić information content (AvgIpc) is 3.01. The predicted octanol–water partition coefficient (Wildman–Crippen LogP) is 4.12. The second kappa shape index (κ2) is 6.61. The van der Waals surface area contributed by atoms with E-state index in [0.717, 1.165) is 31.6 Å². The summed E-state index contributed by atoms with van der Waals surface area (Å²) in [7, 11) is 2.19. The van der Waals surface area contributed by atoms with Crippen molar-refractivity contribution < 1.29 is 4.74 Å². The number of hydrogen-bond acceptors (Lipinski definition) is 3. The Labute approximate surface area is 128 Å². The fraction of sp³-hybridized carbons (Fsp3) is 0.611. The maximum absolute atomic E-state index is 5.65. The maximum Gasteiger partial charge on any atom is 0.0678 e. The molecule has 0 radical (unpaired) electrons. The molecule has 3 rings (SSSR count). The van der Waals surface area contributed by atoms with E-state index in [1.54, 1.807) is 0 Å². The van der Waals surface area contributed by atoms with Gasteiger partial charge in [-0.05, 0) is 57.6 Å². The summed E-state index contributed by atoms with van der Waals surface area (Å²) in [5, 5.41) is 0. The molecule has 0 aromatic heterocycles. The van der Waals surface area contributed by atoms with Gasteiger partial charge < -0.3 is 9.64 Å². The molecule has 0 saturated carbocycles. The average molecular weight is 286 g/mol. The minimum atomic E-state index is 0.466. The molecule has 3 nitrogen and oxygen atoms in total. The molecule has 2 aliphatic heterocycles. The van der Waals surface area contributed by atoms with Crippen LogP contribution in [0.3, 0.4) is 0 Å². The molecule has 0 spiro atoms. The van der Waals surface area contributed by atoms with Gasteiger partial charge in [-0.25, -0.2) is 0 Å². The Morgan fingerprint density at radius 1 is 1.38 bits per heavy atom. The Bertz CT molecular complexity index is 506. The van der Waals surface area contributed by atoms with Gasteiger partial charge in [0, 0.05) is 37.2 Å². The standard InChI is InChI=1S/C18H26N2O/c1-14-10-11-16-17(8-3-9-18(16)20(14)2)19-12-4-6-15-7-5-13-21-15/h3,8-9,12,14-15H,4-7,10-11,13H2,1-2H3. The Morgan fingerprint density at radius 2 is 2.29 bits per heavy atom. The number of fused-ring (bicyclic) bond motifs is 1. The van der Waals surface area contributed by atoms with E-state index in [-0.39, 0.29) is 0 Å². The van der Waals surface area contributed by atoms with Crippen molar-refractivity contribution in [2.45, 2.75) is 57.6 Å². The summed E-state index contributed by atoms with van der Waals surface area (Å²) in [5.74, 6) is 0. The van der Waals surface area contributed by atoms with E-state index in [2.05, 4.69) is 43.3 Å². The van der Waals surface area contributed by atoms with Gasteiger partial charge in [-0.15, -0.1) is 0 Å². The zero-order valence-corrected chi connectivity index (χ0v) is 13.2. The molecule has 2 heterocycles. The van der Waals surface area contributed by atoms with Gasteiger partial charge in [0.1, 0.15) is 0 Å². The first kappa shape index (κ1) is 14.6. The molecule has 0 amide bonds. The third kappa shape index (κ3) is 3.29. The lowest BCUT2D eigenvalue weighted by Crippen LogP contribution is -2.33. The minimum absolute atomic E-state index is 0.466. The third-order valence-corrected chi connectivity index (χ3v) is 4.85. The summed E-state index contributed by atoms with van der Waals surface area (Å²) in [5.41, 5.74) is 3.91. The summed E-state index contributed by atoms with van der Waals surface area (Å²) in [6.07, 6.45) is 9.46. The van der Waals surface area contributed by atoms with Crippen LogP contribution >= 0.6 is 0 Å². The lowest BCUT2D eigenvalue weighted by atomic mass is 9.96. The van der Waals surface area contributed by atoms with E-state index >= 15 is 0 Å². The van der Waals surface area contributed by atoms with Crippen molar-refractivity contribution in [3.8, 4) is 0 Å². The van der Waals surface area contributed by atoms with Crippen LogP contribution in [0.4, 0.5) is 11.4 Å². The molecular weight excluding hydrogens is 260 g/mol. The third-order valence-electron chi connectivity index (χ3n) is 4.85. The summed E-state index contributed by atoms with van der Waals surface area (Å²) in [6, 6.07) is 7.11. The van der Waals surface area contributed by atoms with Crippen LogP contribution in [0.5, 0.6) is 0 Å². The van der Waals surface area contributed by atoms with Gasteiger partial charge in [-0.2, -0.15) is 0 Å². The molecule has 2 unspecified atom stereocenters. The monoisotopic (exact) mass is 286 g/mol. The number of anilines is 1. The van der Waals surface area contributed by atoms with E-state index in [1.165, 1.54) is 30.5 Å². The first-order valence-corrected chi connectivity index (χ1v) is 8.24. The Morgan fingerprint density at radius 3 is 3.10 bits per heavy atom. The fourth-order valence-corrected chi connectivity index (χ4v) is 3.35. The quantitative estimate of drug-likeness (QED) is 0.778. The minimum Gasteiger partial charge on any atom is -0.378 e. The molecular formula is C18H26N2O.